The highest BCUT2D eigenvalue weighted by molar-refractivity contribution is 6.43. The average Bonchev–Trinajstić information content (AvgIpc) is 2.73. The van der Waals surface area contributed by atoms with Gasteiger partial charge < -0.3 is 30.2 Å². The normalized spacial score (nSPS) is 12.5. The van der Waals surface area contributed by atoms with E-state index >= 15 is 0 Å². The highest BCUT2D eigenvalue weighted by Crippen LogP contribution is 2.09. The van der Waals surface area contributed by atoms with Gasteiger partial charge in [-0.25, -0.2) is 9.97 Å². The van der Waals surface area contributed by atoms with Crippen molar-refractivity contribution >= 4 is 18.9 Å². The highest BCUT2D eigenvalue weighted by atomic mass is 16.5. The predicted octanol–water partition coefficient (Wildman–Crippen LogP) is -0.504. The molecule has 4 N–H and O–H groups in total. The van der Waals surface area contributed by atoms with E-state index in [4.69, 9.17) is 9.47 Å². The van der Waals surface area contributed by atoms with E-state index in [9.17, 15) is 19.6 Å². The number of aromatic nitrogens is 2. The Balaban J connectivity index is 1.95. The van der Waals surface area contributed by atoms with Crippen molar-refractivity contribution in [3.05, 3.63) is 54.1 Å². The number of hydrogen-bond donors (Lipinski definition) is 4. The van der Waals surface area contributed by atoms with Gasteiger partial charge in [-0.1, -0.05) is 18.2 Å². The molecular formula is C19H25BN4O6. The molecule has 0 radical (unpaired) electrons. The minimum absolute atomic E-state index is 0.103. The van der Waals surface area contributed by atoms with Crippen LogP contribution < -0.4 is 15.4 Å². The number of aryl methyl sites for hydroxylation is 1. The van der Waals surface area contributed by atoms with Crippen molar-refractivity contribution in [2.75, 3.05) is 20.3 Å². The maximum absolute atomic E-state index is 12.6. The molecule has 2 atom stereocenters. The minimum atomic E-state index is -1.81. The molecule has 0 aliphatic carbocycles. The molecule has 2 rings (SSSR count). The summed E-state index contributed by atoms with van der Waals surface area (Å²) in [4.78, 5) is 32.9. The largest absolute Gasteiger partial charge is 0.494 e. The van der Waals surface area contributed by atoms with Gasteiger partial charge in [0.2, 0.25) is 5.91 Å². The molecule has 0 saturated heterocycles. The van der Waals surface area contributed by atoms with Crippen LogP contribution in [0.25, 0.3) is 0 Å². The number of para-hydroxylation sites is 1. The van der Waals surface area contributed by atoms with Crippen LogP contribution in [0.1, 0.15) is 22.7 Å². The minimum Gasteiger partial charge on any atom is -0.494 e. The molecule has 10 nitrogen and oxygen atoms in total. The van der Waals surface area contributed by atoms with Crippen LogP contribution >= 0.6 is 0 Å². The van der Waals surface area contributed by atoms with Gasteiger partial charge in [-0.2, -0.15) is 0 Å². The first-order valence-corrected chi connectivity index (χ1v) is 9.34. The van der Waals surface area contributed by atoms with Crippen molar-refractivity contribution in [2.24, 2.45) is 0 Å². The lowest BCUT2D eigenvalue weighted by atomic mass is 9.77. The Kier molecular flexibility index (Phi) is 9.20. The molecule has 2 aromatic rings. The zero-order valence-electron chi connectivity index (χ0n) is 16.8. The van der Waals surface area contributed by atoms with Crippen LogP contribution in [-0.4, -0.2) is 71.3 Å². The Bertz CT molecular complexity index is 824. The molecule has 11 heteroatoms. The topological polar surface area (TPSA) is 143 Å². The maximum Gasteiger partial charge on any atom is 0.475 e. The molecular weight excluding hydrogens is 391 g/mol. The van der Waals surface area contributed by atoms with Crippen LogP contribution in [0.5, 0.6) is 5.75 Å². The first kappa shape index (κ1) is 23.3. The zero-order chi connectivity index (χ0) is 21.9. The lowest BCUT2D eigenvalue weighted by Gasteiger charge is -2.22. The fourth-order valence-electron chi connectivity index (χ4n) is 2.56. The van der Waals surface area contributed by atoms with Crippen molar-refractivity contribution in [1.29, 1.82) is 0 Å². The van der Waals surface area contributed by atoms with Gasteiger partial charge in [0, 0.05) is 19.7 Å². The first-order chi connectivity index (χ1) is 14.4. The van der Waals surface area contributed by atoms with Gasteiger partial charge in [-0.3, -0.25) is 9.59 Å². The number of methoxy groups -OCH3 is 1. The van der Waals surface area contributed by atoms with Crippen LogP contribution in [0.15, 0.2) is 42.6 Å². The van der Waals surface area contributed by atoms with E-state index < -0.39 is 30.9 Å². The Morgan fingerprint density at radius 3 is 2.53 bits per heavy atom. The van der Waals surface area contributed by atoms with E-state index in [0.717, 1.165) is 0 Å². The SMILES string of the molecule is COC[C@@H](NC(=O)c1ccnc(C)n1)C(=O)N[C@@H](CCOc1ccccc1)B(O)O. The third-order valence-corrected chi connectivity index (χ3v) is 4.09. The molecule has 0 bridgehead atoms. The molecule has 0 unspecified atom stereocenters. The zero-order valence-corrected chi connectivity index (χ0v) is 16.8. The predicted molar refractivity (Wildman–Crippen MR) is 109 cm³/mol. The Hall–Kier alpha value is -3.02. The van der Waals surface area contributed by atoms with Gasteiger partial charge in [0.25, 0.3) is 5.91 Å². The van der Waals surface area contributed by atoms with Crippen molar-refractivity contribution in [3.8, 4) is 5.75 Å². The molecule has 0 aliphatic heterocycles. The summed E-state index contributed by atoms with van der Waals surface area (Å²) < 4.78 is 10.5. The second-order valence-corrected chi connectivity index (χ2v) is 6.45. The molecule has 1 aromatic heterocycles. The summed E-state index contributed by atoms with van der Waals surface area (Å²) >= 11 is 0. The summed E-state index contributed by atoms with van der Waals surface area (Å²) in [6.45, 7) is 1.67. The van der Waals surface area contributed by atoms with Crippen molar-refractivity contribution in [2.45, 2.75) is 25.3 Å². The van der Waals surface area contributed by atoms with E-state index in [2.05, 4.69) is 20.6 Å². The maximum atomic E-state index is 12.6. The number of benzene rings is 1. The van der Waals surface area contributed by atoms with Gasteiger partial charge in [0.05, 0.1) is 19.2 Å². The molecule has 0 spiro atoms. The number of carbonyl (C=O) groups is 2. The summed E-state index contributed by atoms with van der Waals surface area (Å²) in [5.74, 6) is -1.17. The summed E-state index contributed by atoms with van der Waals surface area (Å²) in [7, 11) is -0.426. The molecule has 1 aromatic carbocycles. The Labute approximate surface area is 174 Å². The quantitative estimate of drug-likeness (QED) is 0.359. The van der Waals surface area contributed by atoms with Gasteiger partial charge in [0.1, 0.15) is 23.3 Å². The number of rotatable bonds is 11. The van der Waals surface area contributed by atoms with Crippen molar-refractivity contribution < 1.29 is 29.1 Å². The Morgan fingerprint density at radius 1 is 1.17 bits per heavy atom. The number of nitrogens with one attached hydrogen (secondary N) is 2. The van der Waals surface area contributed by atoms with Gasteiger partial charge in [-0.15, -0.1) is 0 Å². The first-order valence-electron chi connectivity index (χ1n) is 9.34. The molecule has 0 saturated carbocycles. The van der Waals surface area contributed by atoms with E-state index in [-0.39, 0.29) is 25.3 Å². The van der Waals surface area contributed by atoms with Crippen LogP contribution in [0.4, 0.5) is 0 Å². The number of nitrogens with zero attached hydrogens (tertiary/aromatic N) is 2. The highest BCUT2D eigenvalue weighted by Gasteiger charge is 2.29. The van der Waals surface area contributed by atoms with E-state index in [1.807, 2.05) is 18.2 Å². The average molecular weight is 416 g/mol. The molecule has 30 heavy (non-hydrogen) atoms. The number of amides is 2. The van der Waals surface area contributed by atoms with Gasteiger partial charge in [0.15, 0.2) is 0 Å². The standard InChI is InChI=1S/C19H25BN4O6/c1-13-21-10-8-15(22-13)18(25)23-16(12-29-2)19(26)24-17(20(27)28)9-11-30-14-6-4-3-5-7-14/h3-8,10,16-17,27-28H,9,11-12H2,1-2H3,(H,23,25)(H,24,26)/t16-,17+/m1/s1. The summed E-state index contributed by atoms with van der Waals surface area (Å²) in [5, 5.41) is 24.3. The summed E-state index contributed by atoms with van der Waals surface area (Å²) in [5.41, 5.74) is 0.103. The van der Waals surface area contributed by atoms with E-state index in [1.165, 1.54) is 19.4 Å². The monoisotopic (exact) mass is 416 g/mol. The van der Waals surface area contributed by atoms with Crippen LogP contribution in [-0.2, 0) is 9.53 Å². The van der Waals surface area contributed by atoms with Gasteiger partial charge in [-0.05, 0) is 25.1 Å². The number of ether oxygens (including phenoxy) is 2. The molecule has 1 heterocycles. The van der Waals surface area contributed by atoms with Crippen LogP contribution in [0.3, 0.4) is 0 Å². The lowest BCUT2D eigenvalue weighted by Crippen LogP contribution is -2.55. The van der Waals surface area contributed by atoms with Crippen LogP contribution in [0, 0.1) is 6.92 Å². The molecule has 0 fully saturated rings. The molecule has 0 aliphatic rings. The lowest BCUT2D eigenvalue weighted by molar-refractivity contribution is -0.124. The fourth-order valence-corrected chi connectivity index (χ4v) is 2.56. The smallest absolute Gasteiger partial charge is 0.475 e. The Morgan fingerprint density at radius 2 is 1.90 bits per heavy atom. The number of carbonyl (C=O) groups excluding carboxylic acids is 2. The summed E-state index contributed by atoms with van der Waals surface area (Å²) in [6, 6.07) is 9.36. The second kappa shape index (κ2) is 11.9. The molecule has 160 valence electrons. The third-order valence-electron chi connectivity index (χ3n) is 4.09. The second-order valence-electron chi connectivity index (χ2n) is 6.45. The van der Waals surface area contributed by atoms with Gasteiger partial charge >= 0.3 is 7.12 Å². The van der Waals surface area contributed by atoms with Crippen LogP contribution in [0.2, 0.25) is 0 Å². The van der Waals surface area contributed by atoms with Crippen molar-refractivity contribution in [3.63, 3.8) is 0 Å². The summed E-state index contributed by atoms with van der Waals surface area (Å²) in [6.07, 6.45) is 1.57. The fraction of sp³-hybridized carbons (Fsp3) is 0.368. The van der Waals surface area contributed by atoms with E-state index in [1.54, 1.807) is 19.1 Å². The molecule has 2 amide bonds. The van der Waals surface area contributed by atoms with E-state index in [0.29, 0.717) is 11.6 Å². The number of hydrogen-bond acceptors (Lipinski definition) is 8. The van der Waals surface area contributed by atoms with Crippen molar-refractivity contribution in [1.82, 2.24) is 20.6 Å². The third kappa shape index (κ3) is 7.43.